The highest BCUT2D eigenvalue weighted by atomic mass is 19.4. The molecule has 1 fully saturated rings. The number of nitrogens with zero attached hydrogens (tertiary/aromatic N) is 1. The normalized spacial score (nSPS) is 20.3. The molecular formula is C11H15F3N2O3. The molecule has 0 radical (unpaired) electrons. The summed E-state index contributed by atoms with van der Waals surface area (Å²) in [4.78, 5) is 35.6. The van der Waals surface area contributed by atoms with Gasteiger partial charge in [-0.2, -0.15) is 13.2 Å². The number of likely N-dealkylation sites (tertiary alicyclic amines) is 1. The second kappa shape index (κ2) is 5.58. The number of carbonyl (C=O) groups is 3. The Kier molecular flexibility index (Phi) is 4.54. The van der Waals surface area contributed by atoms with Gasteiger partial charge in [-0.15, -0.1) is 0 Å². The van der Waals surface area contributed by atoms with Crippen LogP contribution in [0.4, 0.5) is 13.2 Å². The predicted molar refractivity (Wildman–Crippen MR) is 58.8 cm³/mol. The van der Waals surface area contributed by atoms with Gasteiger partial charge in [-0.25, -0.2) is 0 Å². The van der Waals surface area contributed by atoms with E-state index in [0.29, 0.717) is 0 Å². The molecule has 0 bridgehead atoms. The first-order chi connectivity index (χ1) is 8.61. The number of halogens is 3. The Morgan fingerprint density at radius 1 is 1.42 bits per heavy atom. The summed E-state index contributed by atoms with van der Waals surface area (Å²) in [5, 5.41) is 2.17. The Hall–Kier alpha value is -1.60. The van der Waals surface area contributed by atoms with Crippen molar-refractivity contribution in [3.8, 4) is 0 Å². The first kappa shape index (κ1) is 15.5. The monoisotopic (exact) mass is 280 g/mol. The van der Waals surface area contributed by atoms with Crippen LogP contribution >= 0.6 is 0 Å². The van der Waals surface area contributed by atoms with E-state index in [9.17, 15) is 27.6 Å². The first-order valence-electron chi connectivity index (χ1n) is 5.84. The molecule has 108 valence electrons. The maximum atomic E-state index is 11.9. The molecule has 1 heterocycles. The molecule has 8 heteroatoms. The van der Waals surface area contributed by atoms with E-state index in [1.165, 1.54) is 0 Å². The molecule has 5 nitrogen and oxygen atoms in total. The van der Waals surface area contributed by atoms with Crippen molar-refractivity contribution < 1.29 is 27.6 Å². The third-order valence-corrected chi connectivity index (χ3v) is 2.67. The van der Waals surface area contributed by atoms with Crippen molar-refractivity contribution in [1.29, 1.82) is 0 Å². The minimum Gasteiger partial charge on any atom is -0.344 e. The van der Waals surface area contributed by atoms with E-state index in [0.717, 1.165) is 4.90 Å². The molecule has 3 amide bonds. The van der Waals surface area contributed by atoms with Gasteiger partial charge in [0.2, 0.25) is 11.8 Å². The minimum absolute atomic E-state index is 0.200. The lowest BCUT2D eigenvalue weighted by Crippen LogP contribution is -2.43. The quantitative estimate of drug-likeness (QED) is 0.781. The largest absolute Gasteiger partial charge is 0.389 e. The Bertz CT molecular complexity index is 393. The topological polar surface area (TPSA) is 66.5 Å². The zero-order valence-corrected chi connectivity index (χ0v) is 10.6. The van der Waals surface area contributed by atoms with Crippen molar-refractivity contribution >= 4 is 17.7 Å². The van der Waals surface area contributed by atoms with E-state index in [1.54, 1.807) is 13.8 Å². The molecule has 1 saturated heterocycles. The molecule has 1 aliphatic rings. The number of amides is 3. The van der Waals surface area contributed by atoms with Crippen LogP contribution in [0.1, 0.15) is 33.1 Å². The van der Waals surface area contributed by atoms with Crippen molar-refractivity contribution in [2.75, 3.05) is 0 Å². The van der Waals surface area contributed by atoms with E-state index in [1.807, 2.05) is 0 Å². The Labute approximate surface area is 108 Å². The fourth-order valence-corrected chi connectivity index (χ4v) is 1.83. The fraction of sp³-hybridized carbons (Fsp3) is 0.727. The molecule has 0 aromatic heterocycles. The summed E-state index contributed by atoms with van der Waals surface area (Å²) >= 11 is 0. The summed E-state index contributed by atoms with van der Waals surface area (Å²) in [6.45, 7) is 3.29. The van der Waals surface area contributed by atoms with Gasteiger partial charge in [-0.3, -0.25) is 19.3 Å². The maximum absolute atomic E-state index is 11.9. The van der Waals surface area contributed by atoms with Gasteiger partial charge in [0.1, 0.15) is 6.04 Å². The zero-order chi connectivity index (χ0) is 14.8. The van der Waals surface area contributed by atoms with Crippen LogP contribution in [0.5, 0.6) is 0 Å². The van der Waals surface area contributed by atoms with E-state index < -0.39 is 42.8 Å². The lowest BCUT2D eigenvalue weighted by molar-refractivity contribution is -0.145. The van der Waals surface area contributed by atoms with Crippen LogP contribution in [-0.2, 0) is 14.4 Å². The number of hydrogen-bond acceptors (Lipinski definition) is 3. The van der Waals surface area contributed by atoms with Crippen molar-refractivity contribution in [1.82, 2.24) is 10.2 Å². The summed E-state index contributed by atoms with van der Waals surface area (Å²) in [7, 11) is 0. The first-order valence-corrected chi connectivity index (χ1v) is 5.84. The number of imide groups is 1. The zero-order valence-electron chi connectivity index (χ0n) is 10.6. The predicted octanol–water partition coefficient (Wildman–Crippen LogP) is 0.981. The summed E-state index contributed by atoms with van der Waals surface area (Å²) in [5.74, 6) is -1.88. The lowest BCUT2D eigenvalue weighted by atomic mass is 10.2. The van der Waals surface area contributed by atoms with Crippen molar-refractivity contribution in [3.63, 3.8) is 0 Å². The molecule has 0 aromatic carbocycles. The summed E-state index contributed by atoms with van der Waals surface area (Å²) in [5.41, 5.74) is 0. The van der Waals surface area contributed by atoms with Crippen LogP contribution < -0.4 is 5.32 Å². The van der Waals surface area contributed by atoms with Gasteiger partial charge in [-0.05, 0) is 13.8 Å². The molecule has 19 heavy (non-hydrogen) atoms. The highest BCUT2D eigenvalue weighted by molar-refractivity contribution is 6.07. The number of nitrogens with one attached hydrogen (secondary N) is 1. The summed E-state index contributed by atoms with van der Waals surface area (Å²) in [6.07, 6.45) is -6.61. The molecule has 1 unspecified atom stereocenters. The molecule has 1 rings (SSSR count). The average molecular weight is 280 g/mol. The number of carbonyl (C=O) groups excluding carboxylic acids is 3. The number of rotatable bonds is 4. The molecule has 0 saturated carbocycles. The smallest absolute Gasteiger partial charge is 0.344 e. The second-order valence-corrected chi connectivity index (χ2v) is 4.64. The van der Waals surface area contributed by atoms with E-state index in [4.69, 9.17) is 0 Å². The molecule has 0 spiro atoms. The van der Waals surface area contributed by atoms with E-state index >= 15 is 0 Å². The third kappa shape index (κ3) is 4.22. The van der Waals surface area contributed by atoms with Crippen molar-refractivity contribution in [2.45, 2.75) is 51.4 Å². The van der Waals surface area contributed by atoms with Crippen molar-refractivity contribution in [3.05, 3.63) is 0 Å². The highest BCUT2D eigenvalue weighted by Crippen LogP contribution is 2.21. The van der Waals surface area contributed by atoms with Crippen molar-refractivity contribution in [2.24, 2.45) is 0 Å². The van der Waals surface area contributed by atoms with Gasteiger partial charge in [0.05, 0.1) is 12.8 Å². The SMILES string of the molecule is CC(C)N1C(=O)CC(NC(=O)CCC(F)(F)F)C1=O. The molecule has 1 aliphatic heterocycles. The standard InChI is InChI=1S/C11H15F3N2O3/c1-6(2)16-9(18)5-7(10(16)19)15-8(17)3-4-11(12,13)14/h6-7H,3-5H2,1-2H3,(H,15,17). The Morgan fingerprint density at radius 2 is 2.00 bits per heavy atom. The number of alkyl halides is 3. The Morgan fingerprint density at radius 3 is 2.42 bits per heavy atom. The lowest BCUT2D eigenvalue weighted by Gasteiger charge is -2.19. The van der Waals surface area contributed by atoms with Gasteiger partial charge in [0, 0.05) is 12.5 Å². The summed E-state index contributed by atoms with van der Waals surface area (Å²) in [6, 6.07) is -1.38. The van der Waals surface area contributed by atoms with Gasteiger partial charge in [0.25, 0.3) is 5.91 Å². The molecule has 1 atom stereocenters. The minimum atomic E-state index is -4.42. The fourth-order valence-electron chi connectivity index (χ4n) is 1.83. The molecule has 0 aliphatic carbocycles. The maximum Gasteiger partial charge on any atom is 0.389 e. The van der Waals surface area contributed by atoms with Crippen LogP contribution in [0.2, 0.25) is 0 Å². The van der Waals surface area contributed by atoms with Crippen LogP contribution in [0.3, 0.4) is 0 Å². The van der Waals surface area contributed by atoms with Gasteiger partial charge in [0.15, 0.2) is 0 Å². The van der Waals surface area contributed by atoms with Crippen LogP contribution in [0.25, 0.3) is 0 Å². The van der Waals surface area contributed by atoms with E-state index in [-0.39, 0.29) is 12.5 Å². The van der Waals surface area contributed by atoms with E-state index in [2.05, 4.69) is 5.32 Å². The van der Waals surface area contributed by atoms with Crippen LogP contribution in [-0.4, -0.2) is 40.9 Å². The molecule has 0 aromatic rings. The summed E-state index contributed by atoms with van der Waals surface area (Å²) < 4.78 is 35.8. The molecular weight excluding hydrogens is 265 g/mol. The van der Waals surface area contributed by atoms with Gasteiger partial charge >= 0.3 is 6.18 Å². The molecule has 1 N–H and O–H groups in total. The van der Waals surface area contributed by atoms with Crippen LogP contribution in [0.15, 0.2) is 0 Å². The highest BCUT2D eigenvalue weighted by Gasteiger charge is 2.40. The average Bonchev–Trinajstić information content (AvgIpc) is 2.50. The third-order valence-electron chi connectivity index (χ3n) is 2.67. The number of hydrogen-bond donors (Lipinski definition) is 1. The van der Waals surface area contributed by atoms with Gasteiger partial charge < -0.3 is 5.32 Å². The Balaban J connectivity index is 2.53. The van der Waals surface area contributed by atoms with Crippen LogP contribution in [0, 0.1) is 0 Å². The van der Waals surface area contributed by atoms with Gasteiger partial charge in [-0.1, -0.05) is 0 Å². The second-order valence-electron chi connectivity index (χ2n) is 4.64.